The molecule has 9 nitrogen and oxygen atoms in total. The number of rotatable bonds is 41. The molecule has 0 saturated carbocycles. The van der Waals surface area contributed by atoms with Crippen LogP contribution in [0.3, 0.4) is 0 Å². The van der Waals surface area contributed by atoms with Crippen LogP contribution in [0.25, 0.3) is 0 Å². The molecular formula is C44H86N4O5. The first kappa shape index (κ1) is 50.8. The minimum Gasteiger partial charge on any atom is -0.481 e. The van der Waals surface area contributed by atoms with Crippen LogP contribution >= 0.6 is 0 Å². The summed E-state index contributed by atoms with van der Waals surface area (Å²) in [6.45, 7) is 4.86. The number of hydrogen-bond acceptors (Lipinski definition) is 5. The smallest absolute Gasteiger partial charge is 0.303 e. The molecule has 6 N–H and O–H groups in total. The highest BCUT2D eigenvalue weighted by molar-refractivity contribution is 5.82. The van der Waals surface area contributed by atoms with Crippen molar-refractivity contribution in [2.75, 3.05) is 13.1 Å². The minimum atomic E-state index is -1.01. The molecule has 0 heterocycles. The van der Waals surface area contributed by atoms with Gasteiger partial charge >= 0.3 is 5.97 Å². The summed E-state index contributed by atoms with van der Waals surface area (Å²) < 4.78 is 0. The van der Waals surface area contributed by atoms with Gasteiger partial charge in [0.15, 0.2) is 0 Å². The number of hydrogen-bond donors (Lipinski definition) is 5. The van der Waals surface area contributed by atoms with Gasteiger partial charge in [0, 0.05) is 32.4 Å². The van der Waals surface area contributed by atoms with Gasteiger partial charge in [0.2, 0.25) is 17.7 Å². The van der Waals surface area contributed by atoms with Crippen LogP contribution in [0.5, 0.6) is 0 Å². The van der Waals surface area contributed by atoms with Gasteiger partial charge in [-0.3, -0.25) is 19.2 Å². The standard InChI is InChI=1S/C44H86N4O5/c1-3-5-7-9-11-13-15-17-19-21-23-25-27-29-31-33-41(49)46-37-39(38-47-44(53)40(45)35-36-43(51)52)48-42(50)34-32-30-28-26-24-22-20-18-16-14-12-10-8-6-4-2/h39-40H,3-38,45H2,1-2H3,(H,46,49)(H,47,53)(H,48,50)(H,51,52). The third-order valence-electron chi connectivity index (χ3n) is 10.5. The summed E-state index contributed by atoms with van der Waals surface area (Å²) in [5.74, 6) is -1.61. The van der Waals surface area contributed by atoms with Crippen molar-refractivity contribution >= 4 is 23.7 Å². The summed E-state index contributed by atoms with van der Waals surface area (Å²) in [6, 6.07) is -1.41. The number of amides is 3. The number of nitrogens with two attached hydrogens (primary N) is 1. The Balaban J connectivity index is 4.22. The SMILES string of the molecule is CCCCCCCCCCCCCCCCCC(=O)NCC(CNC(=O)C(N)CCC(=O)O)NC(=O)CCCCCCCCCCCCCCCCC. The molecule has 2 unspecified atom stereocenters. The zero-order valence-electron chi connectivity index (χ0n) is 34.8. The normalized spacial score (nSPS) is 12.4. The fraction of sp³-hybridized carbons (Fsp3) is 0.909. The second-order valence-corrected chi connectivity index (χ2v) is 15.8. The van der Waals surface area contributed by atoms with Gasteiger partial charge in [-0.05, 0) is 19.3 Å². The Hall–Kier alpha value is -2.16. The van der Waals surface area contributed by atoms with Crippen molar-refractivity contribution in [2.45, 2.75) is 244 Å². The number of aliphatic carboxylic acids is 1. The Morgan fingerprint density at radius 1 is 0.453 bits per heavy atom. The van der Waals surface area contributed by atoms with Crippen molar-refractivity contribution in [1.29, 1.82) is 0 Å². The van der Waals surface area contributed by atoms with Crippen molar-refractivity contribution in [3.8, 4) is 0 Å². The Bertz CT molecular complexity index is 871. The van der Waals surface area contributed by atoms with Gasteiger partial charge in [0.25, 0.3) is 0 Å². The van der Waals surface area contributed by atoms with E-state index < -0.39 is 24.0 Å². The number of nitrogens with one attached hydrogen (secondary N) is 3. The molecule has 0 radical (unpaired) electrons. The number of carboxylic acid groups (broad SMARTS) is 1. The predicted octanol–water partition coefficient (Wildman–Crippen LogP) is 10.4. The molecule has 3 amide bonds. The van der Waals surface area contributed by atoms with Gasteiger partial charge in [0.05, 0.1) is 12.1 Å². The number of carbonyl (C=O) groups excluding carboxylic acids is 3. The highest BCUT2D eigenvalue weighted by Gasteiger charge is 2.19. The van der Waals surface area contributed by atoms with Crippen LogP contribution in [-0.4, -0.2) is 54.0 Å². The van der Waals surface area contributed by atoms with E-state index >= 15 is 0 Å². The molecule has 0 rings (SSSR count). The van der Waals surface area contributed by atoms with E-state index in [0.717, 1.165) is 38.5 Å². The Morgan fingerprint density at radius 2 is 0.774 bits per heavy atom. The van der Waals surface area contributed by atoms with Gasteiger partial charge in [-0.25, -0.2) is 0 Å². The molecule has 0 aromatic heterocycles. The van der Waals surface area contributed by atoms with Crippen LogP contribution in [0.2, 0.25) is 0 Å². The first-order chi connectivity index (χ1) is 25.8. The summed E-state index contributed by atoms with van der Waals surface area (Å²) in [5.41, 5.74) is 5.86. The van der Waals surface area contributed by atoms with Crippen LogP contribution in [0, 0.1) is 0 Å². The highest BCUT2D eigenvalue weighted by Crippen LogP contribution is 2.15. The molecule has 0 saturated heterocycles. The van der Waals surface area contributed by atoms with E-state index in [0.29, 0.717) is 12.8 Å². The molecule has 53 heavy (non-hydrogen) atoms. The van der Waals surface area contributed by atoms with Crippen molar-refractivity contribution in [3.63, 3.8) is 0 Å². The van der Waals surface area contributed by atoms with Crippen LogP contribution in [-0.2, 0) is 19.2 Å². The van der Waals surface area contributed by atoms with E-state index in [-0.39, 0.29) is 37.7 Å². The lowest BCUT2D eigenvalue weighted by atomic mass is 10.0. The van der Waals surface area contributed by atoms with Crippen LogP contribution in [0.1, 0.15) is 232 Å². The van der Waals surface area contributed by atoms with E-state index in [9.17, 15) is 19.2 Å². The molecule has 0 aliphatic heterocycles. The van der Waals surface area contributed by atoms with Crippen LogP contribution in [0.4, 0.5) is 0 Å². The fourth-order valence-electron chi connectivity index (χ4n) is 6.88. The summed E-state index contributed by atoms with van der Waals surface area (Å²) in [7, 11) is 0. The number of carboxylic acids is 1. The van der Waals surface area contributed by atoms with Gasteiger partial charge in [-0.2, -0.15) is 0 Å². The lowest BCUT2D eigenvalue weighted by Gasteiger charge is -2.21. The average Bonchev–Trinajstić information content (AvgIpc) is 3.14. The average molecular weight is 751 g/mol. The predicted molar refractivity (Wildman–Crippen MR) is 222 cm³/mol. The summed E-state index contributed by atoms with van der Waals surface area (Å²) >= 11 is 0. The van der Waals surface area contributed by atoms with Gasteiger partial charge in [-0.15, -0.1) is 0 Å². The molecule has 0 aromatic carbocycles. The van der Waals surface area contributed by atoms with E-state index in [4.69, 9.17) is 10.8 Å². The minimum absolute atomic E-state index is 0.0351. The van der Waals surface area contributed by atoms with Crippen LogP contribution < -0.4 is 21.7 Å². The van der Waals surface area contributed by atoms with Gasteiger partial charge in [0.1, 0.15) is 0 Å². The summed E-state index contributed by atoms with van der Waals surface area (Å²) in [4.78, 5) is 48.7. The topological polar surface area (TPSA) is 151 Å². The molecule has 0 aliphatic carbocycles. The molecule has 0 fully saturated rings. The van der Waals surface area contributed by atoms with E-state index in [2.05, 4.69) is 29.8 Å². The van der Waals surface area contributed by atoms with Crippen molar-refractivity contribution < 1.29 is 24.3 Å². The Kier molecular flexibility index (Phi) is 37.9. The Morgan fingerprint density at radius 3 is 1.13 bits per heavy atom. The van der Waals surface area contributed by atoms with E-state index in [1.165, 1.54) is 154 Å². The second-order valence-electron chi connectivity index (χ2n) is 15.8. The zero-order chi connectivity index (χ0) is 39.0. The van der Waals surface area contributed by atoms with Crippen molar-refractivity contribution in [1.82, 2.24) is 16.0 Å². The first-order valence-electron chi connectivity index (χ1n) is 22.6. The highest BCUT2D eigenvalue weighted by atomic mass is 16.4. The molecule has 0 spiro atoms. The maximum atomic E-state index is 12.8. The molecule has 312 valence electrons. The largest absolute Gasteiger partial charge is 0.481 e. The van der Waals surface area contributed by atoms with Crippen molar-refractivity contribution in [2.24, 2.45) is 5.73 Å². The maximum absolute atomic E-state index is 12.8. The first-order valence-corrected chi connectivity index (χ1v) is 22.6. The van der Waals surface area contributed by atoms with Crippen LogP contribution in [0.15, 0.2) is 0 Å². The third-order valence-corrected chi connectivity index (χ3v) is 10.5. The van der Waals surface area contributed by atoms with E-state index in [1.807, 2.05) is 0 Å². The second kappa shape index (κ2) is 39.5. The zero-order valence-corrected chi connectivity index (χ0v) is 34.8. The summed E-state index contributed by atoms with van der Waals surface area (Å²) in [5, 5.41) is 17.6. The van der Waals surface area contributed by atoms with Gasteiger partial charge in [-0.1, -0.05) is 194 Å². The van der Waals surface area contributed by atoms with E-state index in [1.54, 1.807) is 0 Å². The third kappa shape index (κ3) is 37.9. The fourth-order valence-corrected chi connectivity index (χ4v) is 6.88. The van der Waals surface area contributed by atoms with Gasteiger partial charge < -0.3 is 26.8 Å². The monoisotopic (exact) mass is 751 g/mol. The summed E-state index contributed by atoms with van der Waals surface area (Å²) in [6.07, 6.45) is 38.9. The molecule has 9 heteroatoms. The molecule has 2 atom stereocenters. The molecular weight excluding hydrogens is 665 g/mol. The molecule has 0 aromatic rings. The Labute approximate surface area is 326 Å². The number of carbonyl (C=O) groups is 4. The quantitative estimate of drug-likeness (QED) is 0.0393. The lowest BCUT2D eigenvalue weighted by molar-refractivity contribution is -0.137. The molecule has 0 bridgehead atoms. The molecule has 0 aliphatic rings. The van der Waals surface area contributed by atoms with Crippen molar-refractivity contribution in [3.05, 3.63) is 0 Å². The lowest BCUT2D eigenvalue weighted by Crippen LogP contribution is -2.52. The maximum Gasteiger partial charge on any atom is 0.303 e. The number of unbranched alkanes of at least 4 members (excludes halogenated alkanes) is 28.